The fourth-order valence-electron chi connectivity index (χ4n) is 9.09. The fraction of sp³-hybridized carbons (Fsp3) is 0.815. The summed E-state index contributed by atoms with van der Waals surface area (Å²) < 4.78 is 7.50. The maximum Gasteiger partial charge on any atom is 0.162 e. The molecule has 0 radical (unpaired) electrons. The Labute approximate surface area is 197 Å². The van der Waals surface area contributed by atoms with Crippen LogP contribution in [0, 0.1) is 51.8 Å². The van der Waals surface area contributed by atoms with E-state index in [1.807, 2.05) is 20.1 Å². The molecule has 180 valence electrons. The zero-order valence-electron chi connectivity index (χ0n) is 20.4. The quantitative estimate of drug-likeness (QED) is 0.716. The van der Waals surface area contributed by atoms with Gasteiger partial charge in [0, 0.05) is 19.2 Å². The lowest BCUT2D eigenvalue weighted by molar-refractivity contribution is -0.175. The van der Waals surface area contributed by atoms with Gasteiger partial charge >= 0.3 is 0 Å². The number of aliphatic hydroxyl groups is 1. The average molecular weight is 454 g/mol. The van der Waals surface area contributed by atoms with Crippen molar-refractivity contribution in [1.82, 2.24) is 9.78 Å². The zero-order valence-corrected chi connectivity index (χ0v) is 20.4. The van der Waals surface area contributed by atoms with Crippen molar-refractivity contribution in [2.24, 2.45) is 40.4 Å². The second-order valence-electron chi connectivity index (χ2n) is 12.2. The smallest absolute Gasteiger partial charge is 0.162 e. The van der Waals surface area contributed by atoms with Crippen molar-refractivity contribution in [3.63, 3.8) is 0 Å². The minimum Gasteiger partial charge on any atom is -0.390 e. The number of nitrogens with zero attached hydrogens (tertiary/aromatic N) is 3. The van der Waals surface area contributed by atoms with E-state index in [1.54, 1.807) is 16.9 Å². The summed E-state index contributed by atoms with van der Waals surface area (Å²) in [6.45, 7) is 5.48. The van der Waals surface area contributed by atoms with Gasteiger partial charge in [-0.05, 0) is 105 Å². The molecule has 4 aliphatic rings. The molecular weight excluding hydrogens is 414 g/mol. The van der Waals surface area contributed by atoms with Gasteiger partial charge in [-0.1, -0.05) is 6.92 Å². The average Bonchev–Trinajstić information content (AvgIpc) is 3.37. The van der Waals surface area contributed by atoms with Gasteiger partial charge in [-0.2, -0.15) is 10.4 Å². The summed E-state index contributed by atoms with van der Waals surface area (Å²) in [5.74, 6) is 2.80. The number of methoxy groups -OCH3 is 1. The summed E-state index contributed by atoms with van der Waals surface area (Å²) in [7, 11) is 1.84. The molecule has 0 unspecified atom stereocenters. The highest BCUT2D eigenvalue weighted by molar-refractivity contribution is 5.82. The third kappa shape index (κ3) is 3.67. The van der Waals surface area contributed by atoms with Gasteiger partial charge in [0.2, 0.25) is 0 Å². The van der Waals surface area contributed by atoms with Crippen LogP contribution >= 0.6 is 0 Å². The number of rotatable bonds is 5. The standard InChI is InChI=1S/C27H39N3O3/c1-25(32)11-12-27(17-33-3)18(14-25)4-5-20-21-6-7-23(26(21,2)10-8-22(20)27)24(31)16-30-13-9-19(15-28)29-30/h9,13,18,20-23,32H,4-8,10-12,14,16-17H2,1-3H3/t18-,20-,21-,22-,23+,25+,26-,27+/m0/s1. The Morgan fingerprint density at radius 2 is 2.03 bits per heavy atom. The summed E-state index contributed by atoms with van der Waals surface area (Å²) in [5, 5.41) is 24.1. The molecule has 6 heteroatoms. The van der Waals surface area contributed by atoms with Gasteiger partial charge in [0.1, 0.15) is 6.07 Å². The lowest BCUT2D eigenvalue weighted by Crippen LogP contribution is -2.58. The number of carbonyl (C=O) groups excluding carboxylic acids is 1. The summed E-state index contributed by atoms with van der Waals surface area (Å²) >= 11 is 0. The van der Waals surface area contributed by atoms with Crippen molar-refractivity contribution in [1.29, 1.82) is 5.26 Å². The molecule has 0 aliphatic heterocycles. The van der Waals surface area contributed by atoms with E-state index in [4.69, 9.17) is 10.00 Å². The third-order valence-electron chi connectivity index (χ3n) is 10.5. The molecule has 1 heterocycles. The lowest BCUT2D eigenvalue weighted by atomic mass is 9.43. The van der Waals surface area contributed by atoms with E-state index in [-0.39, 0.29) is 29.1 Å². The number of carbonyl (C=O) groups is 1. The first-order valence-corrected chi connectivity index (χ1v) is 12.9. The highest BCUT2D eigenvalue weighted by Crippen LogP contribution is 2.68. The Morgan fingerprint density at radius 3 is 2.76 bits per heavy atom. The Balaban J connectivity index is 1.36. The van der Waals surface area contributed by atoms with Crippen LogP contribution in [0.3, 0.4) is 0 Å². The van der Waals surface area contributed by atoms with Crippen LogP contribution < -0.4 is 0 Å². The van der Waals surface area contributed by atoms with E-state index < -0.39 is 5.60 Å². The monoisotopic (exact) mass is 453 g/mol. The van der Waals surface area contributed by atoms with E-state index >= 15 is 0 Å². The molecule has 6 nitrogen and oxygen atoms in total. The Morgan fingerprint density at radius 1 is 1.21 bits per heavy atom. The number of aromatic nitrogens is 2. The number of ketones is 1. The van der Waals surface area contributed by atoms with Crippen molar-refractivity contribution in [2.45, 2.75) is 83.8 Å². The summed E-state index contributed by atoms with van der Waals surface area (Å²) in [6, 6.07) is 3.72. The molecule has 0 aromatic carbocycles. The van der Waals surface area contributed by atoms with Gasteiger partial charge in [-0.15, -0.1) is 0 Å². The molecule has 1 aromatic heterocycles. The van der Waals surface area contributed by atoms with Crippen molar-refractivity contribution >= 4 is 5.78 Å². The molecule has 8 atom stereocenters. The zero-order chi connectivity index (χ0) is 23.4. The topological polar surface area (TPSA) is 88.1 Å². The molecule has 0 spiro atoms. The third-order valence-corrected chi connectivity index (χ3v) is 10.5. The van der Waals surface area contributed by atoms with E-state index in [0.29, 0.717) is 29.4 Å². The molecule has 4 fully saturated rings. The second-order valence-corrected chi connectivity index (χ2v) is 12.2. The van der Waals surface area contributed by atoms with Crippen LogP contribution in [0.1, 0.15) is 77.3 Å². The van der Waals surface area contributed by atoms with Gasteiger partial charge in [0.25, 0.3) is 0 Å². The minimum absolute atomic E-state index is 0.0602. The molecule has 0 saturated heterocycles. The van der Waals surface area contributed by atoms with Crippen molar-refractivity contribution in [2.75, 3.05) is 13.7 Å². The molecule has 4 aliphatic carbocycles. The maximum absolute atomic E-state index is 13.4. The van der Waals surface area contributed by atoms with E-state index in [1.165, 1.54) is 19.3 Å². The van der Waals surface area contributed by atoms with Gasteiger partial charge in [0.05, 0.1) is 18.8 Å². The van der Waals surface area contributed by atoms with E-state index in [0.717, 1.165) is 45.1 Å². The van der Waals surface area contributed by atoms with Crippen LogP contribution in [-0.2, 0) is 16.1 Å². The summed E-state index contributed by atoms with van der Waals surface area (Å²) in [4.78, 5) is 13.4. The first-order valence-electron chi connectivity index (χ1n) is 12.9. The molecule has 33 heavy (non-hydrogen) atoms. The Kier molecular flexibility index (Phi) is 5.73. The SMILES string of the molecule is COC[C@]12CC[C@@](C)(O)C[C@@H]1CC[C@H]1[C@@H]3CC[C@H](C(=O)Cn4ccc(C#N)n4)[C@@]3(C)CC[C@@H]12. The largest absolute Gasteiger partial charge is 0.390 e. The predicted molar refractivity (Wildman–Crippen MR) is 124 cm³/mol. The molecule has 0 amide bonds. The van der Waals surface area contributed by atoms with Gasteiger partial charge in [-0.3, -0.25) is 9.48 Å². The van der Waals surface area contributed by atoms with E-state index in [9.17, 15) is 9.90 Å². The van der Waals surface area contributed by atoms with Crippen LogP contribution in [0.15, 0.2) is 12.3 Å². The molecule has 0 bridgehead atoms. The molecular formula is C27H39N3O3. The minimum atomic E-state index is -0.541. The highest BCUT2D eigenvalue weighted by Gasteiger charge is 2.63. The van der Waals surface area contributed by atoms with Gasteiger partial charge in [-0.25, -0.2) is 0 Å². The predicted octanol–water partition coefficient (Wildman–Crippen LogP) is 4.36. The fourth-order valence-corrected chi connectivity index (χ4v) is 9.09. The normalized spacial score (nSPS) is 44.4. The van der Waals surface area contributed by atoms with Gasteiger partial charge in [0.15, 0.2) is 11.5 Å². The van der Waals surface area contributed by atoms with Crippen LogP contribution in [0.5, 0.6) is 0 Å². The number of hydrogen-bond acceptors (Lipinski definition) is 5. The van der Waals surface area contributed by atoms with Crippen molar-refractivity contribution < 1.29 is 14.6 Å². The van der Waals surface area contributed by atoms with Crippen LogP contribution in [-0.4, -0.2) is 40.0 Å². The second kappa shape index (κ2) is 8.20. The lowest BCUT2D eigenvalue weighted by Gasteiger charge is -2.62. The van der Waals surface area contributed by atoms with Crippen LogP contribution in [0.2, 0.25) is 0 Å². The number of fused-ring (bicyclic) bond motifs is 5. The number of nitriles is 1. The summed E-state index contributed by atoms with van der Waals surface area (Å²) in [6.07, 6.45) is 11.4. The number of hydrogen-bond donors (Lipinski definition) is 1. The van der Waals surface area contributed by atoms with E-state index in [2.05, 4.69) is 12.0 Å². The first-order chi connectivity index (χ1) is 15.7. The number of Topliss-reactive ketones (excluding diaryl/α,β-unsaturated/α-hetero) is 1. The molecule has 1 N–H and O–H groups in total. The van der Waals surface area contributed by atoms with Gasteiger partial charge < -0.3 is 9.84 Å². The molecule has 1 aromatic rings. The molecule has 5 rings (SSSR count). The highest BCUT2D eigenvalue weighted by atomic mass is 16.5. The summed E-state index contributed by atoms with van der Waals surface area (Å²) in [5.41, 5.74) is 0.0721. The first kappa shape index (κ1) is 23.1. The molecule has 4 saturated carbocycles. The Bertz CT molecular complexity index is 949. The van der Waals surface area contributed by atoms with Crippen molar-refractivity contribution in [3.8, 4) is 6.07 Å². The van der Waals surface area contributed by atoms with Crippen LogP contribution in [0.25, 0.3) is 0 Å². The van der Waals surface area contributed by atoms with Crippen LogP contribution in [0.4, 0.5) is 0 Å². The Hall–Kier alpha value is -1.71. The van der Waals surface area contributed by atoms with Crippen molar-refractivity contribution in [3.05, 3.63) is 18.0 Å². The maximum atomic E-state index is 13.4. The number of ether oxygens (including phenoxy) is 1.